The van der Waals surface area contributed by atoms with Gasteiger partial charge in [0.25, 0.3) is 5.56 Å². The lowest BCUT2D eigenvalue weighted by atomic mass is 10.3. The van der Waals surface area contributed by atoms with Crippen molar-refractivity contribution in [2.75, 3.05) is 0 Å². The van der Waals surface area contributed by atoms with Gasteiger partial charge in [-0.15, -0.1) is 0 Å². The SMILES string of the molecule is O=c1[nH]c(O)cc2nn(-c3ccccc3)cc12. The van der Waals surface area contributed by atoms with Crippen molar-refractivity contribution in [3.8, 4) is 11.6 Å². The molecule has 0 aliphatic heterocycles. The van der Waals surface area contributed by atoms with Crippen LogP contribution in [0.1, 0.15) is 0 Å². The second-order valence-electron chi connectivity index (χ2n) is 3.69. The summed E-state index contributed by atoms with van der Waals surface area (Å²) in [4.78, 5) is 13.9. The Hall–Kier alpha value is -2.56. The molecule has 2 N–H and O–H groups in total. The van der Waals surface area contributed by atoms with E-state index in [9.17, 15) is 9.90 Å². The Morgan fingerprint density at radius 3 is 2.76 bits per heavy atom. The summed E-state index contributed by atoms with van der Waals surface area (Å²) < 4.78 is 1.61. The molecule has 17 heavy (non-hydrogen) atoms. The Balaban J connectivity index is 2.28. The molecular formula is C12H9N3O2. The van der Waals surface area contributed by atoms with Crippen LogP contribution >= 0.6 is 0 Å². The van der Waals surface area contributed by atoms with E-state index < -0.39 is 0 Å². The number of H-pyrrole nitrogens is 1. The van der Waals surface area contributed by atoms with Crippen LogP contribution in [0.4, 0.5) is 0 Å². The molecular weight excluding hydrogens is 218 g/mol. The molecule has 5 heteroatoms. The molecule has 5 nitrogen and oxygen atoms in total. The normalized spacial score (nSPS) is 10.8. The third-order valence-corrected chi connectivity index (χ3v) is 2.52. The van der Waals surface area contributed by atoms with Crippen LogP contribution in [0.3, 0.4) is 0 Å². The lowest BCUT2D eigenvalue weighted by Crippen LogP contribution is -2.03. The summed E-state index contributed by atoms with van der Waals surface area (Å²) in [7, 11) is 0. The third-order valence-electron chi connectivity index (χ3n) is 2.52. The first-order valence-corrected chi connectivity index (χ1v) is 5.11. The molecule has 3 rings (SSSR count). The van der Waals surface area contributed by atoms with Gasteiger partial charge in [0.05, 0.1) is 11.1 Å². The molecule has 0 bridgehead atoms. The molecule has 0 saturated carbocycles. The quantitative estimate of drug-likeness (QED) is 0.660. The summed E-state index contributed by atoms with van der Waals surface area (Å²) in [5.74, 6) is -0.180. The molecule has 0 saturated heterocycles. The van der Waals surface area contributed by atoms with E-state index in [2.05, 4.69) is 10.1 Å². The number of pyridine rings is 1. The van der Waals surface area contributed by atoms with Crippen LogP contribution in [0.2, 0.25) is 0 Å². The Morgan fingerprint density at radius 2 is 2.00 bits per heavy atom. The van der Waals surface area contributed by atoms with E-state index in [0.29, 0.717) is 10.9 Å². The molecule has 3 aromatic rings. The van der Waals surface area contributed by atoms with Gasteiger partial charge in [-0.3, -0.25) is 9.78 Å². The number of aromatic amines is 1. The first-order chi connectivity index (χ1) is 8.24. The first-order valence-electron chi connectivity index (χ1n) is 5.11. The van der Waals surface area contributed by atoms with Gasteiger partial charge >= 0.3 is 0 Å². The van der Waals surface area contributed by atoms with Gasteiger partial charge in [0.1, 0.15) is 5.52 Å². The van der Waals surface area contributed by atoms with E-state index in [4.69, 9.17) is 0 Å². The lowest BCUT2D eigenvalue weighted by Gasteiger charge is -1.98. The molecule has 1 aromatic carbocycles. The smallest absolute Gasteiger partial charge is 0.261 e. The fourth-order valence-electron chi connectivity index (χ4n) is 1.73. The topological polar surface area (TPSA) is 70.9 Å². The van der Waals surface area contributed by atoms with Crippen LogP contribution in [-0.4, -0.2) is 19.9 Å². The van der Waals surface area contributed by atoms with Crippen LogP contribution < -0.4 is 5.56 Å². The van der Waals surface area contributed by atoms with E-state index in [-0.39, 0.29) is 11.4 Å². The zero-order valence-electron chi connectivity index (χ0n) is 8.79. The van der Waals surface area contributed by atoms with Gasteiger partial charge in [-0.2, -0.15) is 5.10 Å². The zero-order valence-corrected chi connectivity index (χ0v) is 8.79. The molecule has 84 valence electrons. The van der Waals surface area contributed by atoms with E-state index in [1.165, 1.54) is 6.07 Å². The van der Waals surface area contributed by atoms with Crippen LogP contribution in [0.25, 0.3) is 16.6 Å². The summed E-state index contributed by atoms with van der Waals surface area (Å²) in [5.41, 5.74) is 0.986. The predicted octanol–water partition coefficient (Wildman–Crippen LogP) is 1.42. The van der Waals surface area contributed by atoms with E-state index in [0.717, 1.165) is 5.69 Å². The van der Waals surface area contributed by atoms with Crippen molar-refractivity contribution in [3.05, 3.63) is 52.9 Å². The van der Waals surface area contributed by atoms with Gasteiger partial charge in [-0.05, 0) is 12.1 Å². The minimum absolute atomic E-state index is 0.180. The molecule has 0 radical (unpaired) electrons. The summed E-state index contributed by atoms with van der Waals surface area (Å²) in [5, 5.41) is 14.0. The van der Waals surface area contributed by atoms with Crippen molar-refractivity contribution in [2.45, 2.75) is 0 Å². The number of aromatic nitrogens is 3. The van der Waals surface area contributed by atoms with Gasteiger partial charge in [0, 0.05) is 12.3 Å². The number of aromatic hydroxyl groups is 1. The van der Waals surface area contributed by atoms with E-state index in [1.54, 1.807) is 10.9 Å². The second kappa shape index (κ2) is 3.48. The highest BCUT2D eigenvalue weighted by Crippen LogP contribution is 2.14. The van der Waals surface area contributed by atoms with Gasteiger partial charge in [0.15, 0.2) is 5.88 Å². The van der Waals surface area contributed by atoms with Gasteiger partial charge in [0.2, 0.25) is 0 Å². The summed E-state index contributed by atoms with van der Waals surface area (Å²) in [6.45, 7) is 0. The molecule has 2 heterocycles. The van der Waals surface area contributed by atoms with Crippen molar-refractivity contribution in [2.24, 2.45) is 0 Å². The standard InChI is InChI=1S/C12H9N3O2/c16-11-6-10-9(12(17)13-11)7-15(14-10)8-4-2-1-3-5-8/h1-7,16H,(H,13,17). The number of hydrogen-bond acceptors (Lipinski definition) is 3. The monoisotopic (exact) mass is 227 g/mol. The molecule has 0 unspecified atom stereocenters. The third kappa shape index (κ3) is 1.57. The fraction of sp³-hybridized carbons (Fsp3) is 0. The summed E-state index contributed by atoms with van der Waals surface area (Å²) in [6, 6.07) is 10.9. The van der Waals surface area contributed by atoms with Crippen LogP contribution in [0.5, 0.6) is 5.88 Å². The highest BCUT2D eigenvalue weighted by Gasteiger charge is 2.07. The molecule has 0 aliphatic carbocycles. The van der Waals surface area contributed by atoms with E-state index in [1.807, 2.05) is 30.3 Å². The zero-order chi connectivity index (χ0) is 11.8. The summed E-state index contributed by atoms with van der Waals surface area (Å²) in [6.07, 6.45) is 1.64. The molecule has 0 spiro atoms. The number of para-hydroxylation sites is 1. The molecule has 0 aliphatic rings. The van der Waals surface area contributed by atoms with Crippen molar-refractivity contribution in [1.29, 1.82) is 0 Å². The maximum absolute atomic E-state index is 11.6. The Morgan fingerprint density at radius 1 is 1.24 bits per heavy atom. The highest BCUT2D eigenvalue weighted by molar-refractivity contribution is 5.78. The number of fused-ring (bicyclic) bond motifs is 1. The first kappa shape index (κ1) is 9.65. The van der Waals surface area contributed by atoms with Crippen LogP contribution in [0.15, 0.2) is 47.4 Å². The summed E-state index contributed by atoms with van der Waals surface area (Å²) >= 11 is 0. The minimum Gasteiger partial charge on any atom is -0.494 e. The Kier molecular flexibility index (Phi) is 1.98. The van der Waals surface area contributed by atoms with Crippen molar-refractivity contribution >= 4 is 10.9 Å². The molecule has 2 aromatic heterocycles. The average Bonchev–Trinajstić information content (AvgIpc) is 2.74. The van der Waals surface area contributed by atoms with Crippen molar-refractivity contribution < 1.29 is 5.11 Å². The predicted molar refractivity (Wildman–Crippen MR) is 63.4 cm³/mol. The largest absolute Gasteiger partial charge is 0.494 e. The number of hydrogen-bond donors (Lipinski definition) is 2. The number of benzene rings is 1. The molecule has 0 fully saturated rings. The van der Waals surface area contributed by atoms with Gasteiger partial charge in [-0.1, -0.05) is 18.2 Å². The Bertz CT molecular complexity index is 728. The Labute approximate surface area is 96.0 Å². The van der Waals surface area contributed by atoms with Crippen molar-refractivity contribution in [3.63, 3.8) is 0 Å². The maximum atomic E-state index is 11.6. The van der Waals surface area contributed by atoms with Crippen LogP contribution in [0, 0.1) is 0 Å². The lowest BCUT2D eigenvalue weighted by molar-refractivity contribution is 0.453. The van der Waals surface area contributed by atoms with Gasteiger partial charge < -0.3 is 5.11 Å². The highest BCUT2D eigenvalue weighted by atomic mass is 16.3. The van der Waals surface area contributed by atoms with Crippen LogP contribution in [-0.2, 0) is 0 Å². The number of rotatable bonds is 1. The number of nitrogens with one attached hydrogen (secondary N) is 1. The molecule has 0 atom stereocenters. The minimum atomic E-state index is -0.345. The number of nitrogens with zero attached hydrogens (tertiary/aromatic N) is 2. The van der Waals surface area contributed by atoms with Crippen molar-refractivity contribution in [1.82, 2.24) is 14.8 Å². The van der Waals surface area contributed by atoms with Gasteiger partial charge in [-0.25, -0.2) is 4.68 Å². The molecule has 0 amide bonds. The second-order valence-corrected chi connectivity index (χ2v) is 3.69. The maximum Gasteiger partial charge on any atom is 0.261 e. The fourth-order valence-corrected chi connectivity index (χ4v) is 1.73. The average molecular weight is 227 g/mol. The van der Waals surface area contributed by atoms with E-state index >= 15 is 0 Å².